The van der Waals surface area contributed by atoms with Crippen LogP contribution in [-0.2, 0) is 13.6 Å². The fraction of sp³-hybridized carbons (Fsp3) is 0.739. The van der Waals surface area contributed by atoms with E-state index < -0.39 is 8.60 Å². The van der Waals surface area contributed by atoms with E-state index in [1.165, 1.54) is 5.56 Å². The van der Waals surface area contributed by atoms with Gasteiger partial charge in [-0.1, -0.05) is 77.8 Å². The number of unbranched alkanes of at least 4 members (excludes halogenated alkanes) is 1. The Morgan fingerprint density at radius 3 is 1.85 bits per heavy atom. The van der Waals surface area contributed by atoms with Crippen molar-refractivity contribution in [1.82, 2.24) is 0 Å². The molecule has 1 atom stereocenters. The largest absolute Gasteiger partial charge is 0.334 e. The number of hydrogen-bond donors (Lipinski definition) is 0. The lowest BCUT2D eigenvalue weighted by Gasteiger charge is -2.34. The highest BCUT2D eigenvalue weighted by molar-refractivity contribution is 7.41. The molecule has 0 spiro atoms. The highest BCUT2D eigenvalue weighted by atomic mass is 31.2. The molecule has 0 bridgehead atoms. The fourth-order valence-electron chi connectivity index (χ4n) is 3.83. The molecular formula is C23H39O3P. The van der Waals surface area contributed by atoms with Crippen molar-refractivity contribution in [2.24, 2.45) is 0 Å². The summed E-state index contributed by atoms with van der Waals surface area (Å²) in [7, 11) is -1.38. The molecule has 0 aromatic heterocycles. The van der Waals surface area contributed by atoms with Gasteiger partial charge in [-0.05, 0) is 50.5 Å². The van der Waals surface area contributed by atoms with Gasteiger partial charge in [-0.3, -0.25) is 0 Å². The molecule has 1 heterocycles. The average Bonchev–Trinajstić information content (AvgIpc) is 2.89. The minimum Gasteiger partial charge on any atom is -0.306 e. The zero-order valence-electron chi connectivity index (χ0n) is 18.0. The molecule has 0 radical (unpaired) electrons. The third kappa shape index (κ3) is 6.00. The first-order valence-corrected chi connectivity index (χ1v) is 12.1. The number of benzene rings is 1. The summed E-state index contributed by atoms with van der Waals surface area (Å²) in [5, 5.41) is 0. The second-order valence-corrected chi connectivity index (χ2v) is 8.86. The lowest BCUT2D eigenvalue weighted by molar-refractivity contribution is 0.00828. The monoisotopic (exact) mass is 394 g/mol. The van der Waals surface area contributed by atoms with Crippen LogP contribution in [0.3, 0.4) is 0 Å². The van der Waals surface area contributed by atoms with Crippen LogP contribution in [0.5, 0.6) is 0 Å². The minimum atomic E-state index is -1.38. The molecule has 3 nitrogen and oxygen atoms in total. The topological polar surface area (TPSA) is 27.7 Å². The van der Waals surface area contributed by atoms with E-state index >= 15 is 0 Å². The first-order valence-electron chi connectivity index (χ1n) is 11.0. The van der Waals surface area contributed by atoms with Gasteiger partial charge >= 0.3 is 8.60 Å². The van der Waals surface area contributed by atoms with Crippen LogP contribution in [0.2, 0.25) is 0 Å². The lowest BCUT2D eigenvalue weighted by atomic mass is 9.84. The van der Waals surface area contributed by atoms with E-state index in [1.807, 2.05) is 0 Å². The quantitative estimate of drug-likeness (QED) is 0.375. The van der Waals surface area contributed by atoms with Gasteiger partial charge < -0.3 is 13.6 Å². The predicted molar refractivity (Wildman–Crippen MR) is 115 cm³/mol. The summed E-state index contributed by atoms with van der Waals surface area (Å²) in [5.41, 5.74) is 0.982. The van der Waals surface area contributed by atoms with Gasteiger partial charge in [-0.25, -0.2) is 0 Å². The molecule has 1 aliphatic heterocycles. The van der Waals surface area contributed by atoms with Crippen LogP contribution in [0.4, 0.5) is 0 Å². The Balaban J connectivity index is 2.26. The van der Waals surface area contributed by atoms with Crippen LogP contribution < -0.4 is 0 Å². The highest BCUT2D eigenvalue weighted by Crippen LogP contribution is 2.58. The second kappa shape index (κ2) is 10.9. The predicted octanol–water partition coefficient (Wildman–Crippen LogP) is 8.11. The van der Waals surface area contributed by atoms with Gasteiger partial charge in [0.05, 0.1) is 17.3 Å². The average molecular weight is 395 g/mol. The van der Waals surface area contributed by atoms with Crippen molar-refractivity contribution in [3.8, 4) is 0 Å². The number of rotatable bonds is 10. The molecule has 1 aliphatic rings. The molecule has 1 aromatic rings. The summed E-state index contributed by atoms with van der Waals surface area (Å²) < 4.78 is 19.8. The Morgan fingerprint density at radius 2 is 1.41 bits per heavy atom. The van der Waals surface area contributed by atoms with Gasteiger partial charge in [0.15, 0.2) is 0 Å². The van der Waals surface area contributed by atoms with Crippen LogP contribution >= 0.6 is 8.60 Å². The summed E-state index contributed by atoms with van der Waals surface area (Å²) in [6, 6.07) is 10.6. The summed E-state index contributed by atoms with van der Waals surface area (Å²) in [4.78, 5) is 0. The molecule has 1 saturated heterocycles. The Hall–Kier alpha value is -0.470. The molecule has 1 aromatic carbocycles. The van der Waals surface area contributed by atoms with Crippen molar-refractivity contribution in [1.29, 1.82) is 0 Å². The van der Waals surface area contributed by atoms with Crippen LogP contribution in [-0.4, -0.2) is 11.2 Å². The number of hydrogen-bond acceptors (Lipinski definition) is 3. The van der Waals surface area contributed by atoms with Gasteiger partial charge in [0.2, 0.25) is 0 Å². The molecule has 0 amide bonds. The molecule has 4 heteroatoms. The van der Waals surface area contributed by atoms with Crippen molar-refractivity contribution in [3.63, 3.8) is 0 Å². The molecule has 2 rings (SSSR count). The van der Waals surface area contributed by atoms with E-state index in [-0.39, 0.29) is 17.3 Å². The van der Waals surface area contributed by atoms with Crippen LogP contribution in [0, 0.1) is 0 Å². The third-order valence-corrected chi connectivity index (χ3v) is 7.85. The van der Waals surface area contributed by atoms with E-state index in [4.69, 9.17) is 13.6 Å². The van der Waals surface area contributed by atoms with E-state index in [1.54, 1.807) is 0 Å². The normalized spacial score (nSPS) is 20.9. The molecule has 154 valence electrons. The maximum atomic E-state index is 6.61. The van der Waals surface area contributed by atoms with Gasteiger partial charge in [0, 0.05) is 0 Å². The van der Waals surface area contributed by atoms with Crippen molar-refractivity contribution >= 4 is 8.60 Å². The van der Waals surface area contributed by atoms with Gasteiger partial charge in [0.1, 0.15) is 0 Å². The van der Waals surface area contributed by atoms with E-state index in [0.29, 0.717) is 0 Å². The van der Waals surface area contributed by atoms with E-state index in [0.717, 1.165) is 57.8 Å². The second-order valence-electron chi connectivity index (χ2n) is 7.83. The molecule has 1 unspecified atom stereocenters. The Morgan fingerprint density at radius 1 is 0.889 bits per heavy atom. The van der Waals surface area contributed by atoms with Crippen LogP contribution in [0.1, 0.15) is 104 Å². The third-order valence-electron chi connectivity index (χ3n) is 6.35. The van der Waals surface area contributed by atoms with Crippen LogP contribution in [0.15, 0.2) is 30.3 Å². The van der Waals surface area contributed by atoms with Crippen molar-refractivity contribution in [3.05, 3.63) is 35.9 Å². The minimum absolute atomic E-state index is 0.0354. The molecule has 27 heavy (non-hydrogen) atoms. The van der Waals surface area contributed by atoms with Gasteiger partial charge in [-0.2, -0.15) is 0 Å². The first-order chi connectivity index (χ1) is 13.1. The summed E-state index contributed by atoms with van der Waals surface area (Å²) in [6.07, 6.45) is 9.45. The van der Waals surface area contributed by atoms with E-state index in [9.17, 15) is 0 Å². The maximum Gasteiger partial charge on any atom is 0.334 e. The standard InChI is InChI=1S/C23H39O3P/c1-6-11-17-21(20-15-13-12-14-16-20)24-27-25-22(7-2,8-3)18-19-23(9-4,10-5)26-27/h12-16,21H,6-11,17-19H2,1-5H3. The molecule has 0 saturated carbocycles. The van der Waals surface area contributed by atoms with Crippen molar-refractivity contribution in [2.45, 2.75) is 110 Å². The maximum absolute atomic E-state index is 6.61. The molecule has 1 fully saturated rings. The smallest absolute Gasteiger partial charge is 0.306 e. The Kier molecular flexibility index (Phi) is 9.22. The van der Waals surface area contributed by atoms with Crippen LogP contribution in [0.25, 0.3) is 0 Å². The summed E-state index contributed by atoms with van der Waals surface area (Å²) in [6.45, 7) is 11.1. The van der Waals surface area contributed by atoms with E-state index in [2.05, 4.69) is 65.0 Å². The highest BCUT2D eigenvalue weighted by Gasteiger charge is 2.44. The zero-order chi connectivity index (χ0) is 19.8. The van der Waals surface area contributed by atoms with Gasteiger partial charge in [-0.15, -0.1) is 0 Å². The summed E-state index contributed by atoms with van der Waals surface area (Å²) in [5.74, 6) is 0. The summed E-state index contributed by atoms with van der Waals surface area (Å²) >= 11 is 0. The lowest BCUT2D eigenvalue weighted by Crippen LogP contribution is -2.31. The Labute approximate surface area is 168 Å². The first kappa shape index (κ1) is 22.8. The molecule has 0 N–H and O–H groups in total. The van der Waals surface area contributed by atoms with Crippen molar-refractivity contribution < 1.29 is 13.6 Å². The Bertz CT molecular complexity index is 504. The SMILES string of the molecule is CCCCC(OP1OC(CC)(CC)CCC(CC)(CC)O1)c1ccccc1. The zero-order valence-corrected chi connectivity index (χ0v) is 18.9. The molecular weight excluding hydrogens is 355 g/mol. The van der Waals surface area contributed by atoms with Crippen molar-refractivity contribution in [2.75, 3.05) is 0 Å². The fourth-order valence-corrected chi connectivity index (χ4v) is 5.72. The van der Waals surface area contributed by atoms with Gasteiger partial charge in [0.25, 0.3) is 0 Å². The molecule has 0 aliphatic carbocycles.